The number of rotatable bonds is 7. The second-order valence-electron chi connectivity index (χ2n) is 6.53. The number of nitrogens with one attached hydrogen (secondary N) is 1. The summed E-state index contributed by atoms with van der Waals surface area (Å²) in [4.78, 5) is 26.1. The Hall–Kier alpha value is -2.53. The third-order valence-electron chi connectivity index (χ3n) is 4.23. The number of para-hydroxylation sites is 1. The van der Waals surface area contributed by atoms with Gasteiger partial charge in [-0.05, 0) is 35.7 Å². The fourth-order valence-corrected chi connectivity index (χ4v) is 3.03. The van der Waals surface area contributed by atoms with Gasteiger partial charge in [-0.3, -0.25) is 9.59 Å². The maximum absolute atomic E-state index is 12.5. The molecule has 0 fully saturated rings. The van der Waals surface area contributed by atoms with Crippen molar-refractivity contribution in [1.82, 2.24) is 0 Å². The zero-order chi connectivity index (χ0) is 20.0. The van der Waals surface area contributed by atoms with Crippen LogP contribution in [0, 0.1) is 0 Å². The highest BCUT2D eigenvalue weighted by Crippen LogP contribution is 2.31. The van der Waals surface area contributed by atoms with Gasteiger partial charge in [-0.25, -0.2) is 0 Å². The van der Waals surface area contributed by atoms with Crippen LogP contribution < -0.4 is 15.0 Å². The Balaban J connectivity index is 2.12. The van der Waals surface area contributed by atoms with Crippen molar-refractivity contribution in [2.45, 2.75) is 33.1 Å². The average molecular weight is 389 g/mol. The second-order valence-corrected chi connectivity index (χ2v) is 6.96. The molecule has 27 heavy (non-hydrogen) atoms. The molecule has 0 heterocycles. The molecular weight excluding hydrogens is 364 g/mol. The van der Waals surface area contributed by atoms with E-state index in [1.54, 1.807) is 18.2 Å². The van der Waals surface area contributed by atoms with Crippen LogP contribution in [-0.4, -0.2) is 25.5 Å². The van der Waals surface area contributed by atoms with E-state index < -0.39 is 0 Å². The van der Waals surface area contributed by atoms with Gasteiger partial charge in [0.05, 0.1) is 12.8 Å². The average Bonchev–Trinajstić information content (AvgIpc) is 2.62. The van der Waals surface area contributed by atoms with Gasteiger partial charge < -0.3 is 15.0 Å². The molecule has 0 saturated carbocycles. The Morgan fingerprint density at radius 2 is 1.89 bits per heavy atom. The first-order valence-corrected chi connectivity index (χ1v) is 9.21. The molecule has 2 amide bonds. The second kappa shape index (κ2) is 9.42. The standard InChI is InChI=1S/C21H25ClN2O3/c1-14(2)17-7-5-6-8-18(17)23-21(26)11-12-24(15(3)25)19-13-16(22)9-10-20(19)27-4/h5-10,13-14H,11-12H2,1-4H3,(H,23,26). The SMILES string of the molecule is COc1ccc(Cl)cc1N(CCC(=O)Nc1ccccc1C(C)C)C(C)=O. The van der Waals surface area contributed by atoms with Crippen molar-refractivity contribution in [3.8, 4) is 5.75 Å². The van der Waals surface area contributed by atoms with Crippen LogP contribution in [0.15, 0.2) is 42.5 Å². The normalized spacial score (nSPS) is 10.6. The molecule has 1 N–H and O–H groups in total. The Morgan fingerprint density at radius 3 is 2.52 bits per heavy atom. The van der Waals surface area contributed by atoms with Crippen LogP contribution in [0.3, 0.4) is 0 Å². The Kier molecular flexibility index (Phi) is 7.25. The van der Waals surface area contributed by atoms with Crippen molar-refractivity contribution in [3.63, 3.8) is 0 Å². The molecule has 144 valence electrons. The van der Waals surface area contributed by atoms with Gasteiger partial charge in [-0.1, -0.05) is 43.6 Å². The predicted molar refractivity (Wildman–Crippen MR) is 110 cm³/mol. The highest BCUT2D eigenvalue weighted by molar-refractivity contribution is 6.31. The molecule has 0 aliphatic rings. The summed E-state index contributed by atoms with van der Waals surface area (Å²) in [6.45, 7) is 5.83. The summed E-state index contributed by atoms with van der Waals surface area (Å²) in [5.41, 5.74) is 2.42. The summed E-state index contributed by atoms with van der Waals surface area (Å²) in [6.07, 6.45) is 0.154. The van der Waals surface area contributed by atoms with E-state index in [0.29, 0.717) is 22.4 Å². The van der Waals surface area contributed by atoms with Gasteiger partial charge in [-0.15, -0.1) is 0 Å². The van der Waals surface area contributed by atoms with Crippen molar-refractivity contribution < 1.29 is 14.3 Å². The predicted octanol–water partition coefficient (Wildman–Crippen LogP) is 4.85. The molecule has 0 unspecified atom stereocenters. The van der Waals surface area contributed by atoms with E-state index in [1.165, 1.54) is 18.9 Å². The zero-order valence-corrected chi connectivity index (χ0v) is 16.8. The van der Waals surface area contributed by atoms with Crippen molar-refractivity contribution in [3.05, 3.63) is 53.1 Å². The number of halogens is 1. The van der Waals surface area contributed by atoms with Gasteiger partial charge in [0.15, 0.2) is 0 Å². The number of hydrogen-bond donors (Lipinski definition) is 1. The van der Waals surface area contributed by atoms with E-state index in [-0.39, 0.29) is 24.8 Å². The molecule has 0 bridgehead atoms. The van der Waals surface area contributed by atoms with Crippen molar-refractivity contribution >= 4 is 34.8 Å². The minimum absolute atomic E-state index is 0.154. The lowest BCUT2D eigenvalue weighted by Gasteiger charge is -2.23. The highest BCUT2D eigenvalue weighted by atomic mass is 35.5. The van der Waals surface area contributed by atoms with Crippen LogP contribution in [0.5, 0.6) is 5.75 Å². The molecule has 0 aliphatic heterocycles. The molecule has 2 rings (SSSR count). The van der Waals surface area contributed by atoms with Gasteiger partial charge in [-0.2, -0.15) is 0 Å². The van der Waals surface area contributed by atoms with Crippen LogP contribution in [0.2, 0.25) is 5.02 Å². The first-order chi connectivity index (χ1) is 12.8. The third kappa shape index (κ3) is 5.47. The van der Waals surface area contributed by atoms with Crippen LogP contribution in [0.1, 0.15) is 38.7 Å². The van der Waals surface area contributed by atoms with Crippen molar-refractivity contribution in [2.75, 3.05) is 23.9 Å². The molecule has 0 saturated heterocycles. The number of nitrogens with zero attached hydrogens (tertiary/aromatic N) is 1. The van der Waals surface area contributed by atoms with Gasteiger partial charge >= 0.3 is 0 Å². The molecule has 2 aromatic rings. The van der Waals surface area contributed by atoms with Crippen LogP contribution in [0.4, 0.5) is 11.4 Å². The van der Waals surface area contributed by atoms with Crippen LogP contribution in [0.25, 0.3) is 0 Å². The topological polar surface area (TPSA) is 58.6 Å². The third-order valence-corrected chi connectivity index (χ3v) is 4.47. The van der Waals surface area contributed by atoms with Crippen molar-refractivity contribution in [2.24, 2.45) is 0 Å². The molecule has 5 nitrogen and oxygen atoms in total. The molecule has 0 aliphatic carbocycles. The van der Waals surface area contributed by atoms with Crippen LogP contribution >= 0.6 is 11.6 Å². The molecule has 6 heteroatoms. The molecule has 0 atom stereocenters. The molecule has 0 radical (unpaired) electrons. The molecule has 0 spiro atoms. The van der Waals surface area contributed by atoms with Gasteiger partial charge in [0, 0.05) is 30.6 Å². The number of carbonyl (C=O) groups is 2. The van der Waals surface area contributed by atoms with E-state index in [9.17, 15) is 9.59 Å². The summed E-state index contributed by atoms with van der Waals surface area (Å²) in [7, 11) is 1.53. The number of benzene rings is 2. The fourth-order valence-electron chi connectivity index (χ4n) is 2.86. The lowest BCUT2D eigenvalue weighted by molar-refractivity contribution is -0.117. The Labute approximate surface area is 165 Å². The number of carbonyl (C=O) groups excluding carboxylic acids is 2. The monoisotopic (exact) mass is 388 g/mol. The van der Waals surface area contributed by atoms with Gasteiger partial charge in [0.2, 0.25) is 11.8 Å². The Bertz CT molecular complexity index is 821. The summed E-state index contributed by atoms with van der Waals surface area (Å²) < 4.78 is 5.32. The Morgan fingerprint density at radius 1 is 1.19 bits per heavy atom. The van der Waals surface area contributed by atoms with E-state index >= 15 is 0 Å². The number of methoxy groups -OCH3 is 1. The van der Waals surface area contributed by atoms with E-state index in [4.69, 9.17) is 16.3 Å². The first-order valence-electron chi connectivity index (χ1n) is 8.84. The smallest absolute Gasteiger partial charge is 0.226 e. The lowest BCUT2D eigenvalue weighted by Crippen LogP contribution is -2.32. The summed E-state index contributed by atoms with van der Waals surface area (Å²) in [5, 5.41) is 3.44. The van der Waals surface area contributed by atoms with Gasteiger partial charge in [0.1, 0.15) is 5.75 Å². The van der Waals surface area contributed by atoms with E-state index in [1.807, 2.05) is 24.3 Å². The minimum Gasteiger partial charge on any atom is -0.495 e. The largest absolute Gasteiger partial charge is 0.495 e. The molecular formula is C21H25ClN2O3. The molecule has 0 aromatic heterocycles. The maximum Gasteiger partial charge on any atom is 0.226 e. The van der Waals surface area contributed by atoms with Crippen molar-refractivity contribution in [1.29, 1.82) is 0 Å². The van der Waals surface area contributed by atoms with Gasteiger partial charge in [0.25, 0.3) is 0 Å². The number of ether oxygens (including phenoxy) is 1. The summed E-state index contributed by atoms with van der Waals surface area (Å²) in [6, 6.07) is 12.8. The molecule has 2 aromatic carbocycles. The number of amides is 2. The number of hydrogen-bond acceptors (Lipinski definition) is 3. The summed E-state index contributed by atoms with van der Waals surface area (Å²) >= 11 is 6.07. The van der Waals surface area contributed by atoms with E-state index in [0.717, 1.165) is 11.3 Å². The highest BCUT2D eigenvalue weighted by Gasteiger charge is 2.18. The zero-order valence-electron chi connectivity index (χ0n) is 16.1. The quantitative estimate of drug-likeness (QED) is 0.737. The minimum atomic E-state index is -0.189. The first kappa shape index (κ1) is 20.8. The lowest BCUT2D eigenvalue weighted by atomic mass is 10.0. The maximum atomic E-state index is 12.5. The van der Waals surface area contributed by atoms with E-state index in [2.05, 4.69) is 19.2 Å². The number of anilines is 2. The van der Waals surface area contributed by atoms with Crippen LogP contribution in [-0.2, 0) is 9.59 Å². The summed E-state index contributed by atoms with van der Waals surface area (Å²) in [5.74, 6) is 0.479. The fraction of sp³-hybridized carbons (Fsp3) is 0.333.